The molecule has 118 valence electrons. The highest BCUT2D eigenvalue weighted by atomic mass is 15.0. The molecule has 0 saturated carbocycles. The Hall–Kier alpha value is -3.01. The fourth-order valence-corrected chi connectivity index (χ4v) is 3.14. The van der Waals surface area contributed by atoms with Crippen molar-refractivity contribution >= 4 is 17.1 Å². The number of benzene rings is 1. The van der Waals surface area contributed by atoms with Gasteiger partial charge in [0.05, 0.1) is 22.6 Å². The number of rotatable bonds is 2. The van der Waals surface area contributed by atoms with Crippen LogP contribution in [0.25, 0.3) is 0 Å². The van der Waals surface area contributed by atoms with E-state index >= 15 is 0 Å². The van der Waals surface area contributed by atoms with Gasteiger partial charge in [-0.15, -0.1) is 0 Å². The molecule has 0 spiro atoms. The van der Waals surface area contributed by atoms with E-state index in [1.165, 1.54) is 5.56 Å². The van der Waals surface area contributed by atoms with Crippen LogP contribution in [0.4, 0.5) is 11.4 Å². The number of pyridine rings is 2. The lowest BCUT2D eigenvalue weighted by molar-refractivity contribution is 0.570. The third kappa shape index (κ3) is 2.67. The topological polar surface area (TPSA) is 50.2 Å². The minimum absolute atomic E-state index is 0.266. The summed E-state index contributed by atoms with van der Waals surface area (Å²) in [5.74, 6) is 0. The van der Waals surface area contributed by atoms with Gasteiger partial charge in [-0.25, -0.2) is 0 Å². The van der Waals surface area contributed by atoms with E-state index in [0.717, 1.165) is 29.1 Å². The van der Waals surface area contributed by atoms with Gasteiger partial charge in [0.1, 0.15) is 0 Å². The van der Waals surface area contributed by atoms with Crippen molar-refractivity contribution in [3.05, 3.63) is 84.4 Å². The summed E-state index contributed by atoms with van der Waals surface area (Å²) in [6.45, 7) is 2.21. The number of anilines is 1. The Balaban J connectivity index is 1.87. The molecule has 4 rings (SSSR count). The molecule has 4 nitrogen and oxygen atoms in total. The van der Waals surface area contributed by atoms with E-state index < -0.39 is 0 Å². The molecule has 0 amide bonds. The molecular formula is C20H18N4. The molecule has 1 aromatic carbocycles. The first-order valence-electron chi connectivity index (χ1n) is 8.00. The SMILES string of the molecule is C[C@]1(c2ccncc2)CC(c2ccncc2)=Nc2ccccc2N1. The number of hydrogen-bond acceptors (Lipinski definition) is 4. The number of nitrogens with one attached hydrogen (secondary N) is 1. The Morgan fingerprint density at radius 3 is 2.29 bits per heavy atom. The van der Waals surface area contributed by atoms with Crippen LogP contribution in [0, 0.1) is 0 Å². The smallest absolute Gasteiger partial charge is 0.0864 e. The van der Waals surface area contributed by atoms with Crippen LogP contribution in [-0.4, -0.2) is 15.7 Å². The molecule has 3 aromatic rings. The van der Waals surface area contributed by atoms with Crippen molar-refractivity contribution in [3.8, 4) is 0 Å². The number of hydrogen-bond donors (Lipinski definition) is 1. The molecule has 0 fully saturated rings. The number of fused-ring (bicyclic) bond motifs is 1. The maximum absolute atomic E-state index is 4.94. The molecule has 4 heteroatoms. The first-order valence-corrected chi connectivity index (χ1v) is 8.00. The van der Waals surface area contributed by atoms with Crippen molar-refractivity contribution in [3.63, 3.8) is 0 Å². The average Bonchev–Trinajstić information content (AvgIpc) is 2.80. The summed E-state index contributed by atoms with van der Waals surface area (Å²) in [5, 5.41) is 3.69. The minimum Gasteiger partial charge on any atom is -0.374 e. The van der Waals surface area contributed by atoms with Gasteiger partial charge in [0.25, 0.3) is 0 Å². The monoisotopic (exact) mass is 314 g/mol. The molecule has 24 heavy (non-hydrogen) atoms. The van der Waals surface area contributed by atoms with Crippen molar-refractivity contribution in [1.29, 1.82) is 0 Å². The highest BCUT2D eigenvalue weighted by Crippen LogP contribution is 2.38. The second-order valence-electron chi connectivity index (χ2n) is 6.18. The lowest BCUT2D eigenvalue weighted by Crippen LogP contribution is -2.33. The molecule has 2 aromatic heterocycles. The zero-order valence-corrected chi connectivity index (χ0v) is 13.5. The van der Waals surface area contributed by atoms with Crippen LogP contribution in [0.15, 0.2) is 78.3 Å². The Morgan fingerprint density at radius 1 is 0.875 bits per heavy atom. The third-order valence-electron chi connectivity index (χ3n) is 4.42. The van der Waals surface area contributed by atoms with E-state index in [1.54, 1.807) is 0 Å². The lowest BCUT2D eigenvalue weighted by Gasteiger charge is -2.31. The summed E-state index contributed by atoms with van der Waals surface area (Å²) in [5.41, 5.74) is 5.08. The highest BCUT2D eigenvalue weighted by Gasteiger charge is 2.31. The standard InChI is InChI=1S/C20H18N4/c1-20(16-8-12-22-13-9-16)14-19(15-6-10-21-11-7-15)23-17-4-2-3-5-18(17)24-20/h2-13,24H,14H2,1H3/t20-/m1/s1. The van der Waals surface area contributed by atoms with Gasteiger partial charge in [-0.05, 0) is 54.4 Å². The third-order valence-corrected chi connectivity index (χ3v) is 4.42. The summed E-state index contributed by atoms with van der Waals surface area (Å²) < 4.78 is 0. The molecule has 3 heterocycles. The van der Waals surface area contributed by atoms with Gasteiger partial charge in [0.2, 0.25) is 0 Å². The molecule has 1 aliphatic heterocycles. The fourth-order valence-electron chi connectivity index (χ4n) is 3.14. The van der Waals surface area contributed by atoms with Gasteiger partial charge in [-0.1, -0.05) is 12.1 Å². The first-order chi connectivity index (χ1) is 11.7. The van der Waals surface area contributed by atoms with Crippen LogP contribution in [0.1, 0.15) is 24.5 Å². The van der Waals surface area contributed by atoms with Crippen LogP contribution >= 0.6 is 0 Å². The molecule has 1 N–H and O–H groups in total. The molecular weight excluding hydrogens is 296 g/mol. The highest BCUT2D eigenvalue weighted by molar-refractivity contribution is 6.04. The van der Waals surface area contributed by atoms with Gasteiger partial charge < -0.3 is 5.32 Å². The van der Waals surface area contributed by atoms with E-state index in [-0.39, 0.29) is 5.54 Å². The quantitative estimate of drug-likeness (QED) is 0.766. The normalized spacial score (nSPS) is 19.6. The number of nitrogens with zero attached hydrogens (tertiary/aromatic N) is 3. The van der Waals surface area contributed by atoms with Gasteiger partial charge in [0.15, 0.2) is 0 Å². The molecule has 1 aliphatic rings. The molecule has 1 atom stereocenters. The molecule has 0 saturated heterocycles. The van der Waals surface area contributed by atoms with E-state index in [4.69, 9.17) is 4.99 Å². The second-order valence-corrected chi connectivity index (χ2v) is 6.18. The molecule has 0 radical (unpaired) electrons. The maximum atomic E-state index is 4.94. The summed E-state index contributed by atoms with van der Waals surface area (Å²) in [6, 6.07) is 16.3. The lowest BCUT2D eigenvalue weighted by atomic mass is 9.85. The predicted molar refractivity (Wildman–Crippen MR) is 96.7 cm³/mol. The summed E-state index contributed by atoms with van der Waals surface area (Å²) in [6.07, 6.45) is 8.07. The zero-order chi connectivity index (χ0) is 16.4. The van der Waals surface area contributed by atoms with Crippen molar-refractivity contribution < 1.29 is 0 Å². The Bertz CT molecular complexity index is 874. The minimum atomic E-state index is -0.266. The number of para-hydroxylation sites is 2. The Morgan fingerprint density at radius 2 is 1.54 bits per heavy atom. The zero-order valence-electron chi connectivity index (χ0n) is 13.5. The second kappa shape index (κ2) is 5.89. The van der Waals surface area contributed by atoms with E-state index in [0.29, 0.717) is 0 Å². The number of aliphatic imine (C=N–C) groups is 1. The van der Waals surface area contributed by atoms with E-state index in [2.05, 4.69) is 40.4 Å². The Kier molecular flexibility index (Phi) is 3.58. The number of aromatic nitrogens is 2. The van der Waals surface area contributed by atoms with Crippen LogP contribution in [-0.2, 0) is 5.54 Å². The summed E-state index contributed by atoms with van der Waals surface area (Å²) in [4.78, 5) is 13.2. The van der Waals surface area contributed by atoms with Crippen LogP contribution in [0.3, 0.4) is 0 Å². The Labute approximate surface area is 141 Å². The first kappa shape index (κ1) is 14.6. The van der Waals surface area contributed by atoms with Gasteiger partial charge >= 0.3 is 0 Å². The van der Waals surface area contributed by atoms with Gasteiger partial charge in [-0.3, -0.25) is 15.0 Å². The summed E-state index contributed by atoms with van der Waals surface area (Å²) in [7, 11) is 0. The predicted octanol–water partition coefficient (Wildman–Crippen LogP) is 4.33. The fraction of sp³-hybridized carbons (Fsp3) is 0.150. The average molecular weight is 314 g/mol. The van der Waals surface area contributed by atoms with Crippen molar-refractivity contribution in [2.45, 2.75) is 18.9 Å². The summed E-state index contributed by atoms with van der Waals surface area (Å²) >= 11 is 0. The van der Waals surface area contributed by atoms with Crippen molar-refractivity contribution in [1.82, 2.24) is 9.97 Å². The van der Waals surface area contributed by atoms with Crippen LogP contribution < -0.4 is 5.32 Å². The molecule has 0 aliphatic carbocycles. The van der Waals surface area contributed by atoms with Crippen molar-refractivity contribution in [2.24, 2.45) is 4.99 Å². The van der Waals surface area contributed by atoms with Crippen LogP contribution in [0.5, 0.6) is 0 Å². The van der Waals surface area contributed by atoms with Gasteiger partial charge in [0, 0.05) is 31.2 Å². The maximum Gasteiger partial charge on any atom is 0.0864 e. The van der Waals surface area contributed by atoms with E-state index in [1.807, 2.05) is 55.1 Å². The molecule has 0 unspecified atom stereocenters. The largest absolute Gasteiger partial charge is 0.374 e. The van der Waals surface area contributed by atoms with Crippen molar-refractivity contribution in [2.75, 3.05) is 5.32 Å². The van der Waals surface area contributed by atoms with Gasteiger partial charge in [-0.2, -0.15) is 0 Å². The van der Waals surface area contributed by atoms with E-state index in [9.17, 15) is 0 Å². The van der Waals surface area contributed by atoms with Crippen LogP contribution in [0.2, 0.25) is 0 Å². The molecule has 0 bridgehead atoms.